The average molecular weight is 562 g/mol. The van der Waals surface area contributed by atoms with Crippen LogP contribution in [0.25, 0.3) is 0 Å². The lowest BCUT2D eigenvalue weighted by Crippen LogP contribution is -2.52. The van der Waals surface area contributed by atoms with E-state index in [9.17, 15) is 8.42 Å². The summed E-state index contributed by atoms with van der Waals surface area (Å²) in [5.41, 5.74) is 2.75. The number of benzene rings is 1. The van der Waals surface area contributed by atoms with Crippen molar-refractivity contribution >= 4 is 40.0 Å². The molecule has 0 atom stereocenters. The Morgan fingerprint density at radius 2 is 1.81 bits per heavy atom. The Morgan fingerprint density at radius 3 is 2.39 bits per heavy atom. The Balaban J connectivity index is 0.00000341. The Labute approximate surface area is 201 Å². The fourth-order valence-corrected chi connectivity index (χ4v) is 4.07. The quantitative estimate of drug-likeness (QED) is 0.287. The molecule has 9 nitrogen and oxygen atoms in total. The van der Waals surface area contributed by atoms with Crippen LogP contribution in [0.5, 0.6) is 0 Å². The number of rotatable bonds is 8. The molecular weight excluding hydrogens is 531 g/mol. The Hall–Kier alpha value is -1.70. The smallest absolute Gasteiger partial charge is 0.215 e. The molecule has 3 rings (SSSR count). The van der Waals surface area contributed by atoms with E-state index >= 15 is 0 Å². The van der Waals surface area contributed by atoms with Gasteiger partial charge in [-0.05, 0) is 25.1 Å². The van der Waals surface area contributed by atoms with Crippen LogP contribution in [0.4, 0.5) is 0 Å². The molecule has 0 spiro atoms. The van der Waals surface area contributed by atoms with Gasteiger partial charge in [0.15, 0.2) is 5.96 Å². The third kappa shape index (κ3) is 8.05. The molecule has 0 amide bonds. The number of halogens is 1. The second-order valence-electron chi connectivity index (χ2n) is 7.20. The van der Waals surface area contributed by atoms with Crippen LogP contribution in [-0.2, 0) is 28.9 Å². The number of hydrogen-bond acceptors (Lipinski definition) is 6. The molecule has 2 heterocycles. The molecule has 1 fully saturated rings. The standard InChI is InChI=1S/C20H30N6O3S.HI/c1-3-22-20(26-11-9-25(10-12-26)15-19-8-13-29-24-19)23-14-17-4-6-18(7-5-17)16-30(27,28)21-2;/h4-8,13,21H,3,9-12,14-16H2,1-2H3,(H,22,23);1H. The first kappa shape index (κ1) is 25.6. The summed E-state index contributed by atoms with van der Waals surface area (Å²) in [6.07, 6.45) is 1.60. The molecule has 1 aromatic heterocycles. The van der Waals surface area contributed by atoms with Gasteiger partial charge in [-0.2, -0.15) is 0 Å². The van der Waals surface area contributed by atoms with Gasteiger partial charge in [0, 0.05) is 45.3 Å². The van der Waals surface area contributed by atoms with Crippen LogP contribution in [0.1, 0.15) is 23.7 Å². The van der Waals surface area contributed by atoms with E-state index in [-0.39, 0.29) is 29.7 Å². The van der Waals surface area contributed by atoms with E-state index in [1.807, 2.05) is 30.3 Å². The minimum atomic E-state index is -3.26. The first-order chi connectivity index (χ1) is 14.5. The van der Waals surface area contributed by atoms with Gasteiger partial charge in [-0.1, -0.05) is 29.4 Å². The summed E-state index contributed by atoms with van der Waals surface area (Å²) in [4.78, 5) is 9.42. The van der Waals surface area contributed by atoms with Crippen molar-refractivity contribution < 1.29 is 12.9 Å². The summed E-state index contributed by atoms with van der Waals surface area (Å²) in [5, 5.41) is 7.36. The van der Waals surface area contributed by atoms with Gasteiger partial charge in [-0.15, -0.1) is 24.0 Å². The number of hydrogen-bond donors (Lipinski definition) is 2. The molecule has 1 aromatic carbocycles. The highest BCUT2D eigenvalue weighted by Crippen LogP contribution is 2.11. The molecule has 0 radical (unpaired) electrons. The highest BCUT2D eigenvalue weighted by Gasteiger charge is 2.20. The van der Waals surface area contributed by atoms with Crippen LogP contribution in [0.3, 0.4) is 0 Å². The van der Waals surface area contributed by atoms with Crippen molar-refractivity contribution in [3.8, 4) is 0 Å². The van der Waals surface area contributed by atoms with Gasteiger partial charge in [-0.25, -0.2) is 18.1 Å². The van der Waals surface area contributed by atoms with Crippen LogP contribution in [0.2, 0.25) is 0 Å². The molecular formula is C20H31IN6O3S. The lowest BCUT2D eigenvalue weighted by atomic mass is 10.1. The lowest BCUT2D eigenvalue weighted by Gasteiger charge is -2.36. The van der Waals surface area contributed by atoms with Gasteiger partial charge in [0.25, 0.3) is 0 Å². The van der Waals surface area contributed by atoms with Crippen molar-refractivity contribution in [2.75, 3.05) is 39.8 Å². The number of piperazine rings is 1. The van der Waals surface area contributed by atoms with Crippen molar-refractivity contribution in [3.05, 3.63) is 53.4 Å². The zero-order valence-electron chi connectivity index (χ0n) is 18.0. The number of sulfonamides is 1. The third-order valence-electron chi connectivity index (χ3n) is 4.99. The molecule has 1 aliphatic rings. The number of guanidine groups is 1. The van der Waals surface area contributed by atoms with E-state index in [1.165, 1.54) is 7.05 Å². The number of aromatic nitrogens is 1. The summed E-state index contributed by atoms with van der Waals surface area (Å²) >= 11 is 0. The molecule has 2 N–H and O–H groups in total. The Bertz CT molecular complexity index is 911. The fourth-order valence-electron chi connectivity index (χ4n) is 3.29. The maximum Gasteiger partial charge on any atom is 0.215 e. The van der Waals surface area contributed by atoms with Gasteiger partial charge in [0.2, 0.25) is 10.0 Å². The largest absolute Gasteiger partial charge is 0.364 e. The second kappa shape index (κ2) is 12.4. The summed E-state index contributed by atoms with van der Waals surface area (Å²) in [5.74, 6) is 0.884. The zero-order valence-corrected chi connectivity index (χ0v) is 21.1. The number of nitrogens with zero attached hydrogens (tertiary/aromatic N) is 4. The summed E-state index contributed by atoms with van der Waals surface area (Å²) in [7, 11) is -1.84. The first-order valence-electron chi connectivity index (χ1n) is 10.1. The van der Waals surface area contributed by atoms with Crippen LogP contribution in [0.15, 0.2) is 46.1 Å². The molecule has 11 heteroatoms. The zero-order chi connectivity index (χ0) is 21.4. The highest BCUT2D eigenvalue weighted by molar-refractivity contribution is 14.0. The van der Waals surface area contributed by atoms with E-state index in [4.69, 9.17) is 9.52 Å². The van der Waals surface area contributed by atoms with Crippen molar-refractivity contribution in [1.82, 2.24) is 25.0 Å². The van der Waals surface area contributed by atoms with Crippen LogP contribution in [-0.4, -0.2) is 69.1 Å². The molecule has 172 valence electrons. The van der Waals surface area contributed by atoms with E-state index < -0.39 is 10.0 Å². The highest BCUT2D eigenvalue weighted by atomic mass is 127. The monoisotopic (exact) mass is 562 g/mol. The fraction of sp³-hybridized carbons (Fsp3) is 0.500. The van der Waals surface area contributed by atoms with Crippen LogP contribution in [0, 0.1) is 0 Å². The van der Waals surface area contributed by atoms with Gasteiger partial charge < -0.3 is 14.7 Å². The average Bonchev–Trinajstić information content (AvgIpc) is 3.26. The summed E-state index contributed by atoms with van der Waals surface area (Å²) < 4.78 is 30.6. The first-order valence-corrected chi connectivity index (χ1v) is 11.8. The van der Waals surface area contributed by atoms with Crippen molar-refractivity contribution in [2.45, 2.75) is 25.8 Å². The number of aliphatic imine (C=N–C) groups is 1. The van der Waals surface area contributed by atoms with E-state index in [0.29, 0.717) is 6.54 Å². The predicted molar refractivity (Wildman–Crippen MR) is 132 cm³/mol. The molecule has 1 saturated heterocycles. The van der Waals surface area contributed by atoms with E-state index in [2.05, 4.69) is 31.9 Å². The minimum absolute atomic E-state index is 0. The van der Waals surface area contributed by atoms with Gasteiger partial charge in [0.1, 0.15) is 6.26 Å². The molecule has 0 saturated carbocycles. The third-order valence-corrected chi connectivity index (χ3v) is 6.32. The molecule has 2 aromatic rings. The second-order valence-corrected chi connectivity index (χ2v) is 9.13. The normalized spacial score (nSPS) is 15.5. The maximum atomic E-state index is 11.7. The van der Waals surface area contributed by atoms with E-state index in [1.54, 1.807) is 6.26 Å². The number of nitrogens with one attached hydrogen (secondary N) is 2. The molecule has 0 bridgehead atoms. The van der Waals surface area contributed by atoms with Crippen molar-refractivity contribution in [2.24, 2.45) is 4.99 Å². The topological polar surface area (TPSA) is 103 Å². The van der Waals surface area contributed by atoms with Crippen molar-refractivity contribution in [1.29, 1.82) is 0 Å². The van der Waals surface area contributed by atoms with Gasteiger partial charge >= 0.3 is 0 Å². The maximum absolute atomic E-state index is 11.7. The summed E-state index contributed by atoms with van der Waals surface area (Å²) in [6.45, 7) is 7.87. The Morgan fingerprint density at radius 1 is 1.13 bits per heavy atom. The minimum Gasteiger partial charge on any atom is -0.364 e. The van der Waals surface area contributed by atoms with Crippen molar-refractivity contribution in [3.63, 3.8) is 0 Å². The van der Waals surface area contributed by atoms with Crippen LogP contribution < -0.4 is 10.0 Å². The predicted octanol–water partition coefficient (Wildman–Crippen LogP) is 1.63. The molecule has 1 aliphatic heterocycles. The lowest BCUT2D eigenvalue weighted by molar-refractivity contribution is 0.169. The van der Waals surface area contributed by atoms with Gasteiger partial charge in [0.05, 0.1) is 18.0 Å². The molecule has 0 unspecified atom stereocenters. The molecule has 0 aliphatic carbocycles. The Kier molecular flexibility index (Phi) is 10.2. The molecule has 31 heavy (non-hydrogen) atoms. The van der Waals surface area contributed by atoms with Gasteiger partial charge in [-0.3, -0.25) is 4.90 Å². The SMILES string of the molecule is CCNC(=NCc1ccc(CS(=O)(=O)NC)cc1)N1CCN(Cc2ccon2)CC1.I. The summed E-state index contributed by atoms with van der Waals surface area (Å²) in [6, 6.07) is 9.45. The van der Waals surface area contributed by atoms with E-state index in [0.717, 1.165) is 62.0 Å². The van der Waals surface area contributed by atoms with Crippen LogP contribution >= 0.6 is 24.0 Å².